The van der Waals surface area contributed by atoms with Gasteiger partial charge in [-0.2, -0.15) is 0 Å². The van der Waals surface area contributed by atoms with Gasteiger partial charge in [0.05, 0.1) is 42.3 Å². The summed E-state index contributed by atoms with van der Waals surface area (Å²) in [6, 6.07) is 9.13. The number of halogens is 3. The molecule has 1 heterocycles. The van der Waals surface area contributed by atoms with Gasteiger partial charge in [0.25, 0.3) is 6.43 Å². The maximum Gasteiger partial charge on any atom is 0.414 e. The van der Waals surface area contributed by atoms with Gasteiger partial charge in [0, 0.05) is 12.6 Å². The Morgan fingerprint density at radius 1 is 1.17 bits per heavy atom. The molecule has 2 aromatic rings. The summed E-state index contributed by atoms with van der Waals surface area (Å²) >= 11 is 0. The quantitative estimate of drug-likeness (QED) is 0.486. The predicted octanol–water partition coefficient (Wildman–Crippen LogP) is 2.86. The summed E-state index contributed by atoms with van der Waals surface area (Å²) in [5, 5.41) is 5.16. The fourth-order valence-electron chi connectivity index (χ4n) is 3.23. The zero-order valence-electron chi connectivity index (χ0n) is 18.6. The van der Waals surface area contributed by atoms with Crippen molar-refractivity contribution in [3.05, 3.63) is 64.1 Å². The fraction of sp³-hybridized carbons (Fsp3) is 0.304. The standard InChI is InChI=1S/C23H22F3N3O6/c1-2-34-22(32)13-4-3-5-18(19(30)8-13)28-17-7-6-14(9-16(17)24)29-12-15(35-23(29)33)10-27-11-20(31)21(25)26/h3-9,15,21,27H,2,10-12H2,1H3,(H,28,30)/t15-/m0/s1. The van der Waals surface area contributed by atoms with Crippen molar-refractivity contribution in [3.8, 4) is 0 Å². The van der Waals surface area contributed by atoms with Gasteiger partial charge in [-0.1, -0.05) is 6.07 Å². The van der Waals surface area contributed by atoms with Crippen LogP contribution in [-0.4, -0.2) is 56.6 Å². The summed E-state index contributed by atoms with van der Waals surface area (Å²) < 4.78 is 49.2. The van der Waals surface area contributed by atoms with Crippen molar-refractivity contribution < 1.29 is 37.0 Å². The molecule has 0 bridgehead atoms. The largest absolute Gasteiger partial charge is 0.462 e. The number of amides is 1. The number of nitrogens with zero attached hydrogens (tertiary/aromatic N) is 1. The van der Waals surface area contributed by atoms with Crippen molar-refractivity contribution >= 4 is 34.9 Å². The fourth-order valence-corrected chi connectivity index (χ4v) is 3.23. The van der Waals surface area contributed by atoms with Crippen LogP contribution in [0.5, 0.6) is 0 Å². The van der Waals surface area contributed by atoms with Crippen molar-refractivity contribution in [1.29, 1.82) is 0 Å². The third-order valence-corrected chi connectivity index (χ3v) is 4.92. The van der Waals surface area contributed by atoms with E-state index in [1.807, 2.05) is 0 Å². The number of carbonyl (C=O) groups excluding carboxylic acids is 3. The monoisotopic (exact) mass is 493 g/mol. The van der Waals surface area contributed by atoms with Crippen molar-refractivity contribution in [1.82, 2.24) is 5.32 Å². The van der Waals surface area contributed by atoms with E-state index >= 15 is 0 Å². The van der Waals surface area contributed by atoms with E-state index in [0.717, 1.165) is 17.0 Å². The number of ketones is 1. The van der Waals surface area contributed by atoms with Crippen molar-refractivity contribution in [2.24, 2.45) is 0 Å². The molecule has 1 aliphatic heterocycles. The Hall–Kier alpha value is -3.93. The number of anilines is 3. The average molecular weight is 493 g/mol. The summed E-state index contributed by atoms with van der Waals surface area (Å²) in [4.78, 5) is 48.6. The molecular formula is C23H22F3N3O6. The molecular weight excluding hydrogens is 471 g/mol. The first-order valence-corrected chi connectivity index (χ1v) is 10.6. The predicted molar refractivity (Wildman–Crippen MR) is 120 cm³/mol. The highest BCUT2D eigenvalue weighted by molar-refractivity contribution is 5.90. The molecule has 3 rings (SSSR count). The Morgan fingerprint density at radius 2 is 1.94 bits per heavy atom. The maximum absolute atomic E-state index is 14.8. The van der Waals surface area contributed by atoms with Gasteiger partial charge in [-0.15, -0.1) is 0 Å². The van der Waals surface area contributed by atoms with E-state index in [9.17, 15) is 32.3 Å². The molecule has 186 valence electrons. The number of benzene rings is 1. The Labute approximate surface area is 197 Å². The van der Waals surface area contributed by atoms with Crippen LogP contribution in [-0.2, 0) is 14.3 Å². The summed E-state index contributed by atoms with van der Waals surface area (Å²) in [5.41, 5.74) is -0.376. The van der Waals surface area contributed by atoms with Gasteiger partial charge in [-0.3, -0.25) is 14.5 Å². The van der Waals surface area contributed by atoms with Crippen LogP contribution in [0.3, 0.4) is 0 Å². The van der Waals surface area contributed by atoms with E-state index in [1.165, 1.54) is 30.3 Å². The first-order chi connectivity index (χ1) is 16.7. The van der Waals surface area contributed by atoms with Crippen LogP contribution in [0.15, 0.2) is 47.3 Å². The smallest absolute Gasteiger partial charge is 0.414 e. The number of carbonyl (C=O) groups is 3. The molecule has 0 saturated carbocycles. The van der Waals surface area contributed by atoms with Crippen LogP contribution in [0.4, 0.5) is 35.0 Å². The lowest BCUT2D eigenvalue weighted by molar-refractivity contribution is -0.128. The highest BCUT2D eigenvalue weighted by atomic mass is 19.3. The minimum Gasteiger partial charge on any atom is -0.462 e. The van der Waals surface area contributed by atoms with Gasteiger partial charge in [-0.25, -0.2) is 22.8 Å². The Balaban J connectivity index is 1.68. The first kappa shape index (κ1) is 25.7. The number of esters is 1. The molecule has 2 N–H and O–H groups in total. The van der Waals surface area contributed by atoms with E-state index in [0.29, 0.717) is 0 Å². The molecule has 0 radical (unpaired) electrons. The lowest BCUT2D eigenvalue weighted by atomic mass is 10.2. The van der Waals surface area contributed by atoms with Crippen LogP contribution in [0, 0.1) is 5.82 Å². The van der Waals surface area contributed by atoms with Gasteiger partial charge >= 0.3 is 12.1 Å². The second-order valence-electron chi connectivity index (χ2n) is 7.43. The zero-order valence-corrected chi connectivity index (χ0v) is 18.6. The minimum atomic E-state index is -3.09. The molecule has 35 heavy (non-hydrogen) atoms. The first-order valence-electron chi connectivity index (χ1n) is 10.6. The number of hydrogen-bond acceptors (Lipinski definition) is 8. The molecule has 1 atom stereocenters. The second-order valence-corrected chi connectivity index (χ2v) is 7.43. The summed E-state index contributed by atoms with van der Waals surface area (Å²) in [5.74, 6) is -2.70. The van der Waals surface area contributed by atoms with Crippen LogP contribution in [0.25, 0.3) is 0 Å². The summed E-state index contributed by atoms with van der Waals surface area (Å²) in [7, 11) is 0. The van der Waals surface area contributed by atoms with Gasteiger partial charge in [0.1, 0.15) is 11.9 Å². The van der Waals surface area contributed by atoms with Crippen LogP contribution in [0.1, 0.15) is 17.3 Å². The number of Topliss-reactive ketones (excluding diaryl/α,β-unsaturated/α-hetero) is 1. The Bertz CT molecular complexity index is 1180. The molecule has 0 aliphatic carbocycles. The van der Waals surface area contributed by atoms with Gasteiger partial charge in [0.2, 0.25) is 11.2 Å². The molecule has 2 aromatic carbocycles. The van der Waals surface area contributed by atoms with E-state index in [4.69, 9.17) is 9.47 Å². The normalized spacial score (nSPS) is 15.2. The van der Waals surface area contributed by atoms with E-state index < -0.39 is 48.2 Å². The molecule has 0 unspecified atom stereocenters. The molecule has 12 heteroatoms. The van der Waals surface area contributed by atoms with Crippen molar-refractivity contribution in [2.75, 3.05) is 36.5 Å². The van der Waals surface area contributed by atoms with E-state index in [2.05, 4.69) is 10.6 Å². The van der Waals surface area contributed by atoms with Crippen LogP contribution >= 0.6 is 0 Å². The number of nitrogens with one attached hydrogen (secondary N) is 2. The molecule has 0 aromatic heterocycles. The number of alkyl halides is 2. The van der Waals surface area contributed by atoms with Gasteiger partial charge < -0.3 is 20.1 Å². The summed E-state index contributed by atoms with van der Waals surface area (Å²) in [6.07, 6.45) is -4.58. The second kappa shape index (κ2) is 11.5. The third kappa shape index (κ3) is 6.57. The van der Waals surface area contributed by atoms with Gasteiger partial charge in [0.15, 0.2) is 0 Å². The number of cyclic esters (lactones) is 1. The number of ether oxygens (including phenoxy) is 2. The highest BCUT2D eigenvalue weighted by Crippen LogP contribution is 2.27. The van der Waals surface area contributed by atoms with Crippen LogP contribution in [0.2, 0.25) is 0 Å². The topological polar surface area (TPSA) is 114 Å². The Kier molecular flexibility index (Phi) is 8.42. The molecule has 1 saturated heterocycles. The third-order valence-electron chi connectivity index (χ3n) is 4.92. The number of rotatable bonds is 10. The van der Waals surface area contributed by atoms with Gasteiger partial charge in [-0.05, 0) is 37.3 Å². The average Bonchev–Trinajstić information content (AvgIpc) is 3.07. The SMILES string of the molecule is CCOC(=O)c1cccc(Nc2ccc(N3C[C@H](CNCC(=O)C(F)F)OC3=O)cc2F)c(=O)c1. The number of hydrogen-bond donors (Lipinski definition) is 2. The summed E-state index contributed by atoms with van der Waals surface area (Å²) in [6.45, 7) is 1.19. The Morgan fingerprint density at radius 3 is 2.63 bits per heavy atom. The van der Waals surface area contributed by atoms with Crippen LogP contribution < -0.4 is 21.0 Å². The lowest BCUT2D eigenvalue weighted by Crippen LogP contribution is -2.35. The van der Waals surface area contributed by atoms with E-state index in [1.54, 1.807) is 6.92 Å². The molecule has 1 amide bonds. The zero-order chi connectivity index (χ0) is 25.5. The molecule has 1 aliphatic rings. The molecule has 9 nitrogen and oxygen atoms in total. The molecule has 0 spiro atoms. The maximum atomic E-state index is 14.8. The van der Waals surface area contributed by atoms with E-state index in [-0.39, 0.29) is 42.3 Å². The molecule has 1 fully saturated rings. The van der Waals surface area contributed by atoms with Crippen molar-refractivity contribution in [2.45, 2.75) is 19.5 Å². The highest BCUT2D eigenvalue weighted by Gasteiger charge is 2.32. The lowest BCUT2D eigenvalue weighted by Gasteiger charge is -2.15. The minimum absolute atomic E-state index is 0.0107. The van der Waals surface area contributed by atoms with Crippen molar-refractivity contribution in [3.63, 3.8) is 0 Å².